The molecule has 2 aromatic rings. The molecule has 2 aromatic carbocycles. The smallest absolute Gasteiger partial charge is 0.268 e. The Hall–Kier alpha value is -2.12. The highest BCUT2D eigenvalue weighted by Gasteiger charge is 2.24. The van der Waals surface area contributed by atoms with Gasteiger partial charge in [-0.2, -0.15) is 0 Å². The van der Waals surface area contributed by atoms with Crippen LogP contribution in [-0.4, -0.2) is 20.4 Å². The van der Waals surface area contributed by atoms with E-state index in [1.165, 1.54) is 31.3 Å². The minimum Gasteiger partial charge on any atom is -0.268 e. The Labute approximate surface area is 126 Å². The SMILES string of the molecule is CN(c1cc([N+](=O)[O-])ccc1Cl)S(=O)(=O)c1ccccc1. The summed E-state index contributed by atoms with van der Waals surface area (Å²) in [5, 5.41) is 10.9. The molecule has 8 heteroatoms. The van der Waals surface area contributed by atoms with Crippen LogP contribution in [0.15, 0.2) is 53.4 Å². The maximum absolute atomic E-state index is 12.5. The van der Waals surface area contributed by atoms with Crippen molar-refractivity contribution in [3.8, 4) is 0 Å². The summed E-state index contributed by atoms with van der Waals surface area (Å²) in [4.78, 5) is 10.3. The molecule has 110 valence electrons. The van der Waals surface area contributed by atoms with Crippen molar-refractivity contribution < 1.29 is 13.3 Å². The molecule has 0 saturated carbocycles. The van der Waals surface area contributed by atoms with Gasteiger partial charge in [0.25, 0.3) is 15.7 Å². The van der Waals surface area contributed by atoms with E-state index in [-0.39, 0.29) is 21.3 Å². The standard InChI is InChI=1S/C13H11ClN2O4S/c1-15(21(19,20)11-5-3-2-4-6-11)13-9-10(16(17)18)7-8-12(13)14/h2-9H,1H3. The lowest BCUT2D eigenvalue weighted by Crippen LogP contribution is -2.26. The van der Waals surface area contributed by atoms with Crippen LogP contribution in [0.25, 0.3) is 0 Å². The molecule has 0 aliphatic rings. The van der Waals surface area contributed by atoms with E-state index in [4.69, 9.17) is 11.6 Å². The number of hydrogen-bond donors (Lipinski definition) is 0. The van der Waals surface area contributed by atoms with Gasteiger partial charge in [0.05, 0.1) is 20.5 Å². The Morgan fingerprint density at radius 1 is 1.14 bits per heavy atom. The zero-order chi connectivity index (χ0) is 15.6. The fourth-order valence-corrected chi connectivity index (χ4v) is 3.26. The van der Waals surface area contributed by atoms with E-state index in [2.05, 4.69) is 0 Å². The van der Waals surface area contributed by atoms with Gasteiger partial charge >= 0.3 is 0 Å². The summed E-state index contributed by atoms with van der Waals surface area (Å²) >= 11 is 5.96. The van der Waals surface area contributed by atoms with Crippen molar-refractivity contribution in [3.05, 3.63) is 63.7 Å². The molecule has 21 heavy (non-hydrogen) atoms. The number of sulfonamides is 1. The lowest BCUT2D eigenvalue weighted by Gasteiger charge is -2.20. The zero-order valence-corrected chi connectivity index (χ0v) is 12.5. The largest absolute Gasteiger partial charge is 0.271 e. The van der Waals surface area contributed by atoms with Crippen LogP contribution in [0.3, 0.4) is 0 Å². The predicted octanol–water partition coefficient (Wildman–Crippen LogP) is 3.07. The Kier molecular flexibility index (Phi) is 4.15. The molecule has 0 heterocycles. The molecule has 0 aromatic heterocycles. The lowest BCUT2D eigenvalue weighted by molar-refractivity contribution is -0.384. The number of nitro benzene ring substituents is 1. The van der Waals surface area contributed by atoms with E-state index < -0.39 is 14.9 Å². The van der Waals surface area contributed by atoms with Gasteiger partial charge < -0.3 is 0 Å². The number of rotatable bonds is 4. The van der Waals surface area contributed by atoms with Gasteiger partial charge in [-0.15, -0.1) is 0 Å². The van der Waals surface area contributed by atoms with Gasteiger partial charge in [0.1, 0.15) is 0 Å². The van der Waals surface area contributed by atoms with Crippen LogP contribution in [0.5, 0.6) is 0 Å². The van der Waals surface area contributed by atoms with Gasteiger partial charge in [0.15, 0.2) is 0 Å². The minimum atomic E-state index is -3.83. The Balaban J connectivity index is 2.52. The molecule has 0 radical (unpaired) electrons. The van der Waals surface area contributed by atoms with Crippen molar-refractivity contribution in [2.75, 3.05) is 11.4 Å². The topological polar surface area (TPSA) is 80.5 Å². The normalized spacial score (nSPS) is 11.1. The summed E-state index contributed by atoms with van der Waals surface area (Å²) in [6, 6.07) is 11.4. The third-order valence-electron chi connectivity index (χ3n) is 2.88. The number of nitrogens with zero attached hydrogens (tertiary/aromatic N) is 2. The van der Waals surface area contributed by atoms with Crippen molar-refractivity contribution in [2.45, 2.75) is 4.90 Å². The monoisotopic (exact) mass is 326 g/mol. The molecule has 0 amide bonds. The quantitative estimate of drug-likeness (QED) is 0.638. The van der Waals surface area contributed by atoms with Gasteiger partial charge in [-0.1, -0.05) is 29.8 Å². The second-order valence-corrected chi connectivity index (χ2v) is 6.55. The van der Waals surface area contributed by atoms with Crippen LogP contribution in [0.1, 0.15) is 0 Å². The molecule has 0 N–H and O–H groups in total. The van der Waals surface area contributed by atoms with Gasteiger partial charge in [-0.3, -0.25) is 14.4 Å². The highest BCUT2D eigenvalue weighted by Crippen LogP contribution is 2.32. The van der Waals surface area contributed by atoms with Gasteiger partial charge in [0.2, 0.25) is 0 Å². The summed E-state index contributed by atoms with van der Waals surface area (Å²) in [6.07, 6.45) is 0. The second-order valence-electron chi connectivity index (χ2n) is 4.18. The van der Waals surface area contributed by atoms with Crippen LogP contribution in [0, 0.1) is 10.1 Å². The van der Waals surface area contributed by atoms with E-state index in [1.807, 2.05) is 0 Å². The molecule has 6 nitrogen and oxygen atoms in total. The minimum absolute atomic E-state index is 0.0507. The van der Waals surface area contributed by atoms with E-state index in [9.17, 15) is 18.5 Å². The summed E-state index contributed by atoms with van der Waals surface area (Å²) in [6.45, 7) is 0. The summed E-state index contributed by atoms with van der Waals surface area (Å²) in [7, 11) is -2.53. The van der Waals surface area contributed by atoms with Crippen LogP contribution in [0.4, 0.5) is 11.4 Å². The van der Waals surface area contributed by atoms with Crippen molar-refractivity contribution in [1.29, 1.82) is 0 Å². The zero-order valence-electron chi connectivity index (χ0n) is 10.9. The predicted molar refractivity (Wildman–Crippen MR) is 80.1 cm³/mol. The Bertz CT molecular complexity index is 778. The number of halogens is 1. The highest BCUT2D eigenvalue weighted by molar-refractivity contribution is 7.92. The first-order chi connectivity index (χ1) is 9.84. The van der Waals surface area contributed by atoms with Gasteiger partial charge in [-0.05, 0) is 18.2 Å². The van der Waals surface area contributed by atoms with Crippen molar-refractivity contribution in [1.82, 2.24) is 0 Å². The Morgan fingerprint density at radius 2 is 1.76 bits per heavy atom. The number of hydrogen-bond acceptors (Lipinski definition) is 4. The maximum Gasteiger partial charge on any atom is 0.271 e. The summed E-state index contributed by atoms with van der Waals surface area (Å²) < 4.78 is 25.9. The molecule has 0 fully saturated rings. The average Bonchev–Trinajstić information content (AvgIpc) is 2.47. The average molecular weight is 327 g/mol. The first-order valence-corrected chi connectivity index (χ1v) is 7.64. The number of nitro groups is 1. The first kappa shape index (κ1) is 15.3. The molecule has 0 aliphatic carbocycles. The van der Waals surface area contributed by atoms with E-state index in [1.54, 1.807) is 18.2 Å². The van der Waals surface area contributed by atoms with E-state index in [0.29, 0.717) is 0 Å². The summed E-state index contributed by atoms with van der Waals surface area (Å²) in [5.41, 5.74) is -0.181. The molecule has 0 saturated heterocycles. The lowest BCUT2D eigenvalue weighted by atomic mass is 10.3. The van der Waals surface area contributed by atoms with Crippen LogP contribution < -0.4 is 4.31 Å². The molecule has 0 atom stereocenters. The van der Waals surface area contributed by atoms with E-state index in [0.717, 1.165) is 10.4 Å². The first-order valence-electron chi connectivity index (χ1n) is 5.82. The number of non-ortho nitro benzene ring substituents is 1. The fourth-order valence-electron chi connectivity index (χ4n) is 1.74. The van der Waals surface area contributed by atoms with Gasteiger partial charge in [-0.25, -0.2) is 8.42 Å². The van der Waals surface area contributed by atoms with Crippen molar-refractivity contribution >= 4 is 33.0 Å². The van der Waals surface area contributed by atoms with Crippen molar-refractivity contribution in [3.63, 3.8) is 0 Å². The molecule has 0 spiro atoms. The Morgan fingerprint density at radius 3 is 2.33 bits per heavy atom. The van der Waals surface area contributed by atoms with Crippen molar-refractivity contribution in [2.24, 2.45) is 0 Å². The molecule has 0 unspecified atom stereocenters. The molecular weight excluding hydrogens is 316 g/mol. The molecule has 2 rings (SSSR count). The van der Waals surface area contributed by atoms with Crippen LogP contribution in [0.2, 0.25) is 5.02 Å². The highest BCUT2D eigenvalue weighted by atomic mass is 35.5. The third-order valence-corrected chi connectivity index (χ3v) is 4.99. The summed E-state index contributed by atoms with van der Waals surface area (Å²) in [5.74, 6) is 0. The third kappa shape index (κ3) is 2.98. The number of benzene rings is 2. The molecular formula is C13H11ClN2O4S. The van der Waals surface area contributed by atoms with Crippen LogP contribution >= 0.6 is 11.6 Å². The maximum atomic E-state index is 12.5. The second kappa shape index (κ2) is 5.71. The molecule has 0 bridgehead atoms. The van der Waals surface area contributed by atoms with Crippen LogP contribution in [-0.2, 0) is 10.0 Å². The number of anilines is 1. The van der Waals surface area contributed by atoms with Gasteiger partial charge in [0, 0.05) is 19.2 Å². The molecule has 0 aliphatic heterocycles. The fraction of sp³-hybridized carbons (Fsp3) is 0.0769. The van der Waals surface area contributed by atoms with E-state index >= 15 is 0 Å².